The van der Waals surface area contributed by atoms with E-state index in [2.05, 4.69) is 6.92 Å². The molecule has 1 rings (SSSR count). The molecule has 0 fully saturated rings. The number of benzene rings is 1. The lowest BCUT2D eigenvalue weighted by Gasteiger charge is -2.16. The van der Waals surface area contributed by atoms with Gasteiger partial charge in [0.05, 0.1) is 5.56 Å². The molecule has 142 valence electrons. The van der Waals surface area contributed by atoms with E-state index in [0.717, 1.165) is 37.5 Å². The van der Waals surface area contributed by atoms with Crippen molar-refractivity contribution in [3.05, 3.63) is 35.4 Å². The fraction of sp³-hybridized carbons (Fsp3) is 0.667. The first-order chi connectivity index (χ1) is 12.1. The highest BCUT2D eigenvalue weighted by atomic mass is 19.1. The first kappa shape index (κ1) is 21.6. The van der Waals surface area contributed by atoms with Crippen LogP contribution in [0.4, 0.5) is 8.78 Å². The molecule has 0 aromatic heterocycles. The molecule has 0 saturated heterocycles. The molecule has 0 N–H and O–H groups in total. The highest BCUT2D eigenvalue weighted by Crippen LogP contribution is 2.17. The van der Waals surface area contributed by atoms with Gasteiger partial charge in [-0.25, -0.2) is 13.6 Å². The van der Waals surface area contributed by atoms with Crippen LogP contribution in [0.25, 0.3) is 0 Å². The summed E-state index contributed by atoms with van der Waals surface area (Å²) in [7, 11) is 0. The molecule has 1 aromatic carbocycles. The smallest absolute Gasteiger partial charge is 0.341 e. The van der Waals surface area contributed by atoms with Crippen molar-refractivity contribution < 1.29 is 18.3 Å². The standard InChI is InChI=1S/C21H32F2O2/c1-3-5-6-7-8-9-10-11-12-13-18(4-2)25-21(24)19-16-17(22)14-15-20(19)23/h14-16,18H,3-13H2,1-2H3. The van der Waals surface area contributed by atoms with Gasteiger partial charge in [-0.15, -0.1) is 0 Å². The van der Waals surface area contributed by atoms with E-state index in [9.17, 15) is 13.6 Å². The number of esters is 1. The van der Waals surface area contributed by atoms with Crippen molar-refractivity contribution in [1.82, 2.24) is 0 Å². The fourth-order valence-electron chi connectivity index (χ4n) is 2.90. The van der Waals surface area contributed by atoms with Crippen molar-refractivity contribution in [3.63, 3.8) is 0 Å². The summed E-state index contributed by atoms with van der Waals surface area (Å²) in [5.41, 5.74) is -0.328. The predicted octanol–water partition coefficient (Wildman–Crippen LogP) is 6.82. The van der Waals surface area contributed by atoms with Crippen LogP contribution < -0.4 is 0 Å². The zero-order valence-corrected chi connectivity index (χ0v) is 15.7. The van der Waals surface area contributed by atoms with E-state index in [1.54, 1.807) is 0 Å². The Morgan fingerprint density at radius 3 is 2.16 bits per heavy atom. The molecule has 1 aromatic rings. The molecule has 4 heteroatoms. The molecule has 0 spiro atoms. The van der Waals surface area contributed by atoms with Crippen molar-refractivity contribution in [2.24, 2.45) is 0 Å². The molecule has 0 bridgehead atoms. The van der Waals surface area contributed by atoms with Gasteiger partial charge in [-0.3, -0.25) is 0 Å². The summed E-state index contributed by atoms with van der Waals surface area (Å²) in [6.07, 6.45) is 12.3. The van der Waals surface area contributed by atoms with Crippen LogP contribution in [0.2, 0.25) is 0 Å². The van der Waals surface area contributed by atoms with E-state index in [4.69, 9.17) is 4.74 Å². The Kier molecular flexibility index (Phi) is 11.1. The van der Waals surface area contributed by atoms with E-state index < -0.39 is 17.6 Å². The molecule has 0 saturated carbocycles. The summed E-state index contributed by atoms with van der Waals surface area (Å²) in [6.45, 7) is 4.16. The Hall–Kier alpha value is -1.45. The topological polar surface area (TPSA) is 26.3 Å². The maximum absolute atomic E-state index is 13.6. The van der Waals surface area contributed by atoms with Gasteiger partial charge in [0.1, 0.15) is 17.7 Å². The average Bonchev–Trinajstić information content (AvgIpc) is 2.61. The Labute approximate surface area is 151 Å². The van der Waals surface area contributed by atoms with Crippen molar-refractivity contribution in [2.75, 3.05) is 0 Å². The van der Waals surface area contributed by atoms with Crippen molar-refractivity contribution >= 4 is 5.97 Å². The van der Waals surface area contributed by atoms with Crippen molar-refractivity contribution in [2.45, 2.75) is 90.6 Å². The number of hydrogen-bond donors (Lipinski definition) is 0. The summed E-state index contributed by atoms with van der Waals surface area (Å²) in [4.78, 5) is 12.0. The number of halogens is 2. The molecule has 25 heavy (non-hydrogen) atoms. The van der Waals surface area contributed by atoms with Crippen LogP contribution in [0.1, 0.15) is 94.8 Å². The van der Waals surface area contributed by atoms with Gasteiger partial charge in [-0.05, 0) is 37.5 Å². The number of ether oxygens (including phenoxy) is 1. The summed E-state index contributed by atoms with van der Waals surface area (Å²) >= 11 is 0. The first-order valence-corrected chi connectivity index (χ1v) is 9.74. The minimum Gasteiger partial charge on any atom is -0.459 e. The molecule has 0 amide bonds. The summed E-state index contributed by atoms with van der Waals surface area (Å²) < 4.78 is 32.1. The third kappa shape index (κ3) is 8.99. The third-order valence-corrected chi connectivity index (χ3v) is 4.51. The van der Waals surface area contributed by atoms with Crippen LogP contribution in [0.15, 0.2) is 18.2 Å². The molecule has 0 heterocycles. The molecular formula is C21H32F2O2. The van der Waals surface area contributed by atoms with Gasteiger partial charge >= 0.3 is 5.97 Å². The SMILES string of the molecule is CCCCCCCCCCCC(CC)OC(=O)c1cc(F)ccc1F. The van der Waals surface area contributed by atoms with Crippen LogP contribution in [0.5, 0.6) is 0 Å². The zero-order chi connectivity index (χ0) is 18.5. The summed E-state index contributed by atoms with van der Waals surface area (Å²) in [5, 5.41) is 0. The van der Waals surface area contributed by atoms with Crippen LogP contribution in [-0.2, 0) is 4.74 Å². The van der Waals surface area contributed by atoms with E-state index in [0.29, 0.717) is 6.42 Å². The Bertz CT molecular complexity index is 503. The molecular weight excluding hydrogens is 322 g/mol. The second-order valence-electron chi connectivity index (χ2n) is 6.68. The van der Waals surface area contributed by atoms with Crippen LogP contribution in [-0.4, -0.2) is 12.1 Å². The highest BCUT2D eigenvalue weighted by Gasteiger charge is 2.18. The van der Waals surface area contributed by atoms with Crippen molar-refractivity contribution in [3.8, 4) is 0 Å². The maximum atomic E-state index is 13.6. The number of unbranched alkanes of at least 4 members (excludes halogenated alkanes) is 8. The quantitative estimate of drug-likeness (QED) is 0.287. The third-order valence-electron chi connectivity index (χ3n) is 4.51. The van der Waals surface area contributed by atoms with Crippen LogP contribution >= 0.6 is 0 Å². The lowest BCUT2D eigenvalue weighted by molar-refractivity contribution is 0.0261. The minimum absolute atomic E-state index is 0.236. The number of carbonyl (C=O) groups excluding carboxylic acids is 1. The Morgan fingerprint density at radius 1 is 0.960 bits per heavy atom. The predicted molar refractivity (Wildman–Crippen MR) is 97.7 cm³/mol. The van der Waals surface area contributed by atoms with E-state index >= 15 is 0 Å². The zero-order valence-electron chi connectivity index (χ0n) is 15.7. The molecule has 0 aliphatic heterocycles. The Morgan fingerprint density at radius 2 is 1.56 bits per heavy atom. The fourth-order valence-corrected chi connectivity index (χ4v) is 2.90. The summed E-state index contributed by atoms with van der Waals surface area (Å²) in [5.74, 6) is -2.16. The number of carbonyl (C=O) groups is 1. The molecule has 0 aliphatic rings. The molecule has 1 unspecified atom stereocenters. The largest absolute Gasteiger partial charge is 0.459 e. The minimum atomic E-state index is -0.778. The number of rotatable bonds is 13. The van der Waals surface area contributed by atoms with Crippen molar-refractivity contribution in [1.29, 1.82) is 0 Å². The maximum Gasteiger partial charge on any atom is 0.341 e. The van der Waals surface area contributed by atoms with Gasteiger partial charge < -0.3 is 4.74 Å². The first-order valence-electron chi connectivity index (χ1n) is 9.74. The van der Waals surface area contributed by atoms with Gasteiger partial charge in [0.2, 0.25) is 0 Å². The van der Waals surface area contributed by atoms with Crippen LogP contribution in [0, 0.1) is 11.6 Å². The number of hydrogen-bond acceptors (Lipinski definition) is 2. The molecule has 0 radical (unpaired) electrons. The summed E-state index contributed by atoms with van der Waals surface area (Å²) in [6, 6.07) is 2.84. The normalized spacial score (nSPS) is 12.2. The van der Waals surface area contributed by atoms with E-state index in [1.807, 2.05) is 6.92 Å². The van der Waals surface area contributed by atoms with Gasteiger partial charge in [0.15, 0.2) is 0 Å². The van der Waals surface area contributed by atoms with Gasteiger partial charge in [0, 0.05) is 0 Å². The average molecular weight is 354 g/mol. The molecule has 0 aliphatic carbocycles. The van der Waals surface area contributed by atoms with E-state index in [-0.39, 0.29) is 11.7 Å². The second-order valence-corrected chi connectivity index (χ2v) is 6.68. The lowest BCUT2D eigenvalue weighted by Crippen LogP contribution is -2.18. The van der Waals surface area contributed by atoms with Gasteiger partial charge in [0.25, 0.3) is 0 Å². The Balaban J connectivity index is 2.23. The second kappa shape index (κ2) is 12.8. The van der Waals surface area contributed by atoms with E-state index in [1.165, 1.54) is 44.9 Å². The molecule has 1 atom stereocenters. The molecule has 2 nitrogen and oxygen atoms in total. The van der Waals surface area contributed by atoms with Gasteiger partial charge in [-0.1, -0.05) is 65.2 Å². The lowest BCUT2D eigenvalue weighted by atomic mass is 10.0. The monoisotopic (exact) mass is 354 g/mol. The van der Waals surface area contributed by atoms with Gasteiger partial charge in [-0.2, -0.15) is 0 Å². The van der Waals surface area contributed by atoms with Crippen LogP contribution in [0.3, 0.4) is 0 Å². The highest BCUT2D eigenvalue weighted by molar-refractivity contribution is 5.89.